The van der Waals surface area contributed by atoms with Crippen molar-refractivity contribution in [3.63, 3.8) is 0 Å². The summed E-state index contributed by atoms with van der Waals surface area (Å²) in [6.45, 7) is 6.24. The Bertz CT molecular complexity index is 711. The van der Waals surface area contributed by atoms with Crippen LogP contribution in [-0.4, -0.2) is 11.8 Å². The molecule has 4 heteroatoms. The Labute approximate surface area is 149 Å². The van der Waals surface area contributed by atoms with Gasteiger partial charge in [0.05, 0.1) is 6.04 Å². The topological polar surface area (TPSA) is 58.2 Å². The van der Waals surface area contributed by atoms with Crippen LogP contribution in [0, 0.1) is 5.92 Å². The highest BCUT2D eigenvalue weighted by molar-refractivity contribution is 6.39. The molecule has 0 aromatic heterocycles. The molecule has 132 valence electrons. The molecule has 2 rings (SSSR count). The van der Waals surface area contributed by atoms with Crippen molar-refractivity contribution in [2.24, 2.45) is 5.92 Å². The summed E-state index contributed by atoms with van der Waals surface area (Å²) in [5.74, 6) is -0.857. The first-order chi connectivity index (χ1) is 12.0. The Balaban J connectivity index is 2.05. The van der Waals surface area contributed by atoms with Gasteiger partial charge in [-0.15, -0.1) is 0 Å². The molecule has 0 aliphatic rings. The molecule has 25 heavy (non-hydrogen) atoms. The highest BCUT2D eigenvalue weighted by Crippen LogP contribution is 2.21. The molecular formula is C21H26N2O2. The quantitative estimate of drug-likeness (QED) is 0.779. The van der Waals surface area contributed by atoms with E-state index in [4.69, 9.17) is 0 Å². The summed E-state index contributed by atoms with van der Waals surface area (Å²) in [6, 6.07) is 17.1. The van der Waals surface area contributed by atoms with Gasteiger partial charge in [-0.1, -0.05) is 63.2 Å². The zero-order valence-electron chi connectivity index (χ0n) is 15.1. The fraction of sp³-hybridized carbons (Fsp3) is 0.333. The minimum Gasteiger partial charge on any atom is -0.341 e. The first kappa shape index (κ1) is 18.7. The lowest BCUT2D eigenvalue weighted by molar-refractivity contribution is -0.136. The van der Waals surface area contributed by atoms with Crippen molar-refractivity contribution in [1.82, 2.24) is 5.32 Å². The van der Waals surface area contributed by atoms with E-state index < -0.39 is 11.8 Å². The highest BCUT2D eigenvalue weighted by atomic mass is 16.2. The molecule has 2 amide bonds. The summed E-state index contributed by atoms with van der Waals surface area (Å²) in [6.07, 6.45) is 1.65. The Kier molecular flexibility index (Phi) is 6.75. The van der Waals surface area contributed by atoms with Crippen molar-refractivity contribution < 1.29 is 9.59 Å². The summed E-state index contributed by atoms with van der Waals surface area (Å²) in [4.78, 5) is 24.6. The minimum absolute atomic E-state index is 0.179. The van der Waals surface area contributed by atoms with E-state index in [0.717, 1.165) is 24.0 Å². The van der Waals surface area contributed by atoms with Crippen LogP contribution in [0.3, 0.4) is 0 Å². The molecule has 0 heterocycles. The molecular weight excluding hydrogens is 312 g/mol. The minimum atomic E-state index is -0.641. The largest absolute Gasteiger partial charge is 0.341 e. The first-order valence-corrected chi connectivity index (χ1v) is 8.75. The van der Waals surface area contributed by atoms with Crippen molar-refractivity contribution in [3.8, 4) is 0 Å². The molecule has 1 unspecified atom stereocenters. The molecule has 0 saturated heterocycles. The highest BCUT2D eigenvalue weighted by Gasteiger charge is 2.21. The van der Waals surface area contributed by atoms with E-state index >= 15 is 0 Å². The Morgan fingerprint density at radius 3 is 2.32 bits per heavy atom. The molecule has 1 atom stereocenters. The van der Waals surface area contributed by atoms with Crippen LogP contribution in [0.5, 0.6) is 0 Å². The van der Waals surface area contributed by atoms with Gasteiger partial charge in [0.2, 0.25) is 0 Å². The summed E-state index contributed by atoms with van der Waals surface area (Å²) in [5.41, 5.74) is 2.75. The zero-order valence-corrected chi connectivity index (χ0v) is 15.1. The average Bonchev–Trinajstić information content (AvgIpc) is 2.61. The zero-order chi connectivity index (χ0) is 18.2. The molecule has 0 aliphatic carbocycles. The van der Waals surface area contributed by atoms with Crippen LogP contribution in [0.4, 0.5) is 5.69 Å². The van der Waals surface area contributed by atoms with Crippen LogP contribution in [-0.2, 0) is 16.0 Å². The number of nitrogens with one attached hydrogen (secondary N) is 2. The second-order valence-electron chi connectivity index (χ2n) is 6.57. The van der Waals surface area contributed by atoms with Crippen LogP contribution in [0.1, 0.15) is 44.4 Å². The van der Waals surface area contributed by atoms with Gasteiger partial charge >= 0.3 is 11.8 Å². The molecule has 2 N–H and O–H groups in total. The lowest BCUT2D eigenvalue weighted by Crippen LogP contribution is -2.38. The van der Waals surface area contributed by atoms with Gasteiger partial charge in [-0.2, -0.15) is 0 Å². The van der Waals surface area contributed by atoms with Gasteiger partial charge in [0.1, 0.15) is 0 Å². The summed E-state index contributed by atoms with van der Waals surface area (Å²) >= 11 is 0. The SMILES string of the molecule is CCc1cccc(NC(=O)C(=O)NC(CC(C)C)c2ccccc2)c1. The molecule has 2 aromatic rings. The van der Waals surface area contributed by atoms with Crippen molar-refractivity contribution >= 4 is 17.5 Å². The summed E-state index contributed by atoms with van der Waals surface area (Å²) < 4.78 is 0. The van der Waals surface area contributed by atoms with Crippen LogP contribution >= 0.6 is 0 Å². The number of amides is 2. The molecule has 0 bridgehead atoms. The van der Waals surface area contributed by atoms with Gasteiger partial charge in [0.15, 0.2) is 0 Å². The van der Waals surface area contributed by atoms with E-state index in [-0.39, 0.29) is 6.04 Å². The maximum Gasteiger partial charge on any atom is 0.313 e. The van der Waals surface area contributed by atoms with Gasteiger partial charge in [0, 0.05) is 5.69 Å². The third kappa shape index (κ3) is 5.75. The smallest absolute Gasteiger partial charge is 0.313 e. The number of rotatable bonds is 6. The van der Waals surface area contributed by atoms with Crippen LogP contribution in [0.15, 0.2) is 54.6 Å². The number of carbonyl (C=O) groups is 2. The van der Waals surface area contributed by atoms with Crippen molar-refractivity contribution in [2.75, 3.05) is 5.32 Å². The molecule has 4 nitrogen and oxygen atoms in total. The number of hydrogen-bond acceptors (Lipinski definition) is 2. The first-order valence-electron chi connectivity index (χ1n) is 8.75. The van der Waals surface area contributed by atoms with Gasteiger partial charge in [-0.05, 0) is 42.0 Å². The van der Waals surface area contributed by atoms with E-state index in [2.05, 4.69) is 24.5 Å². The number of anilines is 1. The molecule has 0 spiro atoms. The maximum atomic E-state index is 12.3. The second kappa shape index (κ2) is 9.02. The predicted octanol–water partition coefficient (Wildman–Crippen LogP) is 4.09. The van der Waals surface area contributed by atoms with Gasteiger partial charge in [0.25, 0.3) is 0 Å². The normalized spacial score (nSPS) is 11.8. The fourth-order valence-electron chi connectivity index (χ4n) is 2.72. The Morgan fingerprint density at radius 1 is 0.960 bits per heavy atom. The Morgan fingerprint density at radius 2 is 1.68 bits per heavy atom. The van der Waals surface area contributed by atoms with Gasteiger partial charge in [-0.3, -0.25) is 9.59 Å². The van der Waals surface area contributed by atoms with Crippen LogP contribution in [0.2, 0.25) is 0 Å². The number of benzene rings is 2. The van der Waals surface area contributed by atoms with E-state index in [1.54, 1.807) is 6.07 Å². The molecule has 0 saturated carbocycles. The fourth-order valence-corrected chi connectivity index (χ4v) is 2.72. The molecule has 2 aromatic carbocycles. The average molecular weight is 338 g/mol. The van der Waals surface area contributed by atoms with Gasteiger partial charge < -0.3 is 10.6 Å². The number of aryl methyl sites for hydroxylation is 1. The molecule has 0 fully saturated rings. The number of carbonyl (C=O) groups excluding carboxylic acids is 2. The number of hydrogen-bond donors (Lipinski definition) is 2. The third-order valence-corrected chi connectivity index (χ3v) is 4.01. The summed E-state index contributed by atoms with van der Waals surface area (Å²) in [7, 11) is 0. The predicted molar refractivity (Wildman–Crippen MR) is 101 cm³/mol. The van der Waals surface area contributed by atoms with Gasteiger partial charge in [-0.25, -0.2) is 0 Å². The standard InChI is InChI=1S/C21H26N2O2/c1-4-16-9-8-12-18(14-16)22-20(24)21(25)23-19(13-15(2)3)17-10-6-5-7-11-17/h5-12,14-15,19H,4,13H2,1-3H3,(H,22,24)(H,23,25). The Hall–Kier alpha value is -2.62. The van der Waals surface area contributed by atoms with E-state index in [1.165, 1.54) is 0 Å². The van der Waals surface area contributed by atoms with E-state index in [1.807, 2.05) is 55.5 Å². The lowest BCUT2D eigenvalue weighted by Gasteiger charge is -2.21. The summed E-state index contributed by atoms with van der Waals surface area (Å²) in [5, 5.41) is 5.54. The molecule has 0 radical (unpaired) electrons. The second-order valence-corrected chi connectivity index (χ2v) is 6.57. The lowest BCUT2D eigenvalue weighted by atomic mass is 9.97. The van der Waals surface area contributed by atoms with Crippen LogP contribution in [0.25, 0.3) is 0 Å². The monoisotopic (exact) mass is 338 g/mol. The maximum absolute atomic E-state index is 12.3. The van der Waals surface area contributed by atoms with Crippen molar-refractivity contribution in [2.45, 2.75) is 39.7 Å². The third-order valence-electron chi connectivity index (χ3n) is 4.01. The van der Waals surface area contributed by atoms with Crippen molar-refractivity contribution in [1.29, 1.82) is 0 Å². The van der Waals surface area contributed by atoms with E-state index in [0.29, 0.717) is 11.6 Å². The van der Waals surface area contributed by atoms with Crippen molar-refractivity contribution in [3.05, 3.63) is 65.7 Å². The van der Waals surface area contributed by atoms with Crippen LogP contribution < -0.4 is 10.6 Å². The molecule has 0 aliphatic heterocycles. The van der Waals surface area contributed by atoms with E-state index in [9.17, 15) is 9.59 Å².